The van der Waals surface area contributed by atoms with E-state index in [4.69, 9.17) is 0 Å². The first kappa shape index (κ1) is 16.6. The van der Waals surface area contributed by atoms with Crippen LogP contribution in [0, 0.1) is 5.92 Å². The summed E-state index contributed by atoms with van der Waals surface area (Å²) < 4.78 is 26.9. The Morgan fingerprint density at radius 3 is 2.47 bits per heavy atom. The number of rotatable bonds is 6. The Hall–Kier alpha value is -0.430. The molecule has 1 aromatic carbocycles. The summed E-state index contributed by atoms with van der Waals surface area (Å²) in [6.07, 6.45) is 0. The van der Waals surface area contributed by atoms with E-state index in [1.165, 1.54) is 4.31 Å². The Balaban J connectivity index is 3.08. The second kappa shape index (κ2) is 6.83. The molecular weight excluding hydrogens is 328 g/mol. The molecule has 0 unspecified atom stereocenters. The minimum atomic E-state index is -3.43. The van der Waals surface area contributed by atoms with E-state index in [1.54, 1.807) is 13.1 Å². The van der Waals surface area contributed by atoms with Gasteiger partial charge < -0.3 is 5.32 Å². The highest BCUT2D eigenvalue weighted by Crippen LogP contribution is 2.26. The van der Waals surface area contributed by atoms with Gasteiger partial charge in [-0.25, -0.2) is 12.7 Å². The lowest BCUT2D eigenvalue weighted by Crippen LogP contribution is -2.30. The Morgan fingerprint density at radius 2 is 2.00 bits per heavy atom. The Labute approximate surface area is 124 Å². The zero-order valence-electron chi connectivity index (χ0n) is 11.8. The minimum absolute atomic E-state index is 0.294. The van der Waals surface area contributed by atoms with Crippen molar-refractivity contribution in [3.63, 3.8) is 0 Å². The van der Waals surface area contributed by atoms with Crippen LogP contribution in [0.2, 0.25) is 0 Å². The maximum absolute atomic E-state index is 12.4. The highest BCUT2D eigenvalue weighted by Gasteiger charge is 2.23. The van der Waals surface area contributed by atoms with Gasteiger partial charge in [0, 0.05) is 24.6 Å². The average molecular weight is 349 g/mol. The van der Waals surface area contributed by atoms with Gasteiger partial charge in [-0.05, 0) is 46.6 Å². The van der Waals surface area contributed by atoms with Gasteiger partial charge in [0.1, 0.15) is 0 Å². The number of hydrogen-bond donors (Lipinski definition) is 1. The summed E-state index contributed by atoms with van der Waals surface area (Å²) in [5.74, 6) is 0.294. The molecular formula is C13H21BrN2O2S. The van der Waals surface area contributed by atoms with Gasteiger partial charge in [-0.15, -0.1) is 0 Å². The summed E-state index contributed by atoms with van der Waals surface area (Å²) >= 11 is 3.35. The molecule has 0 aromatic heterocycles. The third-order valence-electron chi connectivity index (χ3n) is 2.69. The average Bonchev–Trinajstić information content (AvgIpc) is 2.28. The van der Waals surface area contributed by atoms with Crippen molar-refractivity contribution in [2.24, 2.45) is 5.92 Å². The Kier molecular flexibility index (Phi) is 5.98. The smallest absolute Gasteiger partial charge is 0.243 e. The summed E-state index contributed by atoms with van der Waals surface area (Å²) in [5, 5.41) is 3.04. The summed E-state index contributed by atoms with van der Waals surface area (Å²) in [7, 11) is 0.0401. The van der Waals surface area contributed by atoms with E-state index in [-0.39, 0.29) is 0 Å². The number of sulfonamides is 1. The topological polar surface area (TPSA) is 49.4 Å². The molecule has 0 radical (unpaired) electrons. The normalized spacial score (nSPS) is 12.4. The van der Waals surface area contributed by atoms with Crippen molar-refractivity contribution in [3.05, 3.63) is 28.2 Å². The highest BCUT2D eigenvalue weighted by molar-refractivity contribution is 9.10. The Bertz CT molecular complexity index is 529. The number of nitrogens with zero attached hydrogens (tertiary/aromatic N) is 1. The predicted molar refractivity (Wildman–Crippen MR) is 81.6 cm³/mol. The molecule has 0 bridgehead atoms. The summed E-state index contributed by atoms with van der Waals surface area (Å²) in [5.41, 5.74) is 1.04. The molecule has 0 heterocycles. The van der Waals surface area contributed by atoms with Crippen molar-refractivity contribution < 1.29 is 8.42 Å². The highest BCUT2D eigenvalue weighted by atomic mass is 79.9. The van der Waals surface area contributed by atoms with Crippen molar-refractivity contribution in [2.45, 2.75) is 25.3 Å². The van der Waals surface area contributed by atoms with Crippen LogP contribution in [0.3, 0.4) is 0 Å². The number of benzene rings is 1. The summed E-state index contributed by atoms with van der Waals surface area (Å²) in [6.45, 7) is 5.21. The van der Waals surface area contributed by atoms with E-state index in [1.807, 2.05) is 33.0 Å². The van der Waals surface area contributed by atoms with Crippen molar-refractivity contribution in [3.8, 4) is 0 Å². The third-order valence-corrected chi connectivity index (χ3v) is 5.49. The molecule has 0 amide bonds. The van der Waals surface area contributed by atoms with Gasteiger partial charge in [-0.2, -0.15) is 0 Å². The van der Waals surface area contributed by atoms with Crippen LogP contribution in [0.1, 0.15) is 19.4 Å². The monoisotopic (exact) mass is 348 g/mol. The molecule has 1 rings (SSSR count). The molecule has 108 valence electrons. The Morgan fingerprint density at radius 1 is 1.37 bits per heavy atom. The van der Waals surface area contributed by atoms with Crippen LogP contribution in [0.25, 0.3) is 0 Å². The van der Waals surface area contributed by atoms with E-state index >= 15 is 0 Å². The van der Waals surface area contributed by atoms with Gasteiger partial charge in [0.25, 0.3) is 0 Å². The number of hydrogen-bond acceptors (Lipinski definition) is 3. The molecule has 4 nitrogen and oxygen atoms in total. The molecule has 0 saturated heterocycles. The van der Waals surface area contributed by atoms with E-state index in [0.29, 0.717) is 28.4 Å². The molecule has 0 aliphatic carbocycles. The lowest BCUT2D eigenvalue weighted by atomic mass is 10.2. The van der Waals surface area contributed by atoms with Gasteiger partial charge in [0.15, 0.2) is 0 Å². The van der Waals surface area contributed by atoms with Gasteiger partial charge >= 0.3 is 0 Å². The van der Waals surface area contributed by atoms with Crippen LogP contribution >= 0.6 is 15.9 Å². The molecule has 0 fully saturated rings. The zero-order valence-corrected chi connectivity index (χ0v) is 14.2. The lowest BCUT2D eigenvalue weighted by molar-refractivity contribution is 0.417. The van der Waals surface area contributed by atoms with Gasteiger partial charge in [0.05, 0.1) is 4.90 Å². The van der Waals surface area contributed by atoms with E-state index < -0.39 is 10.0 Å². The molecule has 6 heteroatoms. The fourth-order valence-corrected chi connectivity index (χ4v) is 4.26. The first-order chi connectivity index (χ1) is 8.78. The van der Waals surface area contributed by atoms with Crippen molar-refractivity contribution in [1.82, 2.24) is 9.62 Å². The van der Waals surface area contributed by atoms with Crippen molar-refractivity contribution >= 4 is 26.0 Å². The largest absolute Gasteiger partial charge is 0.316 e. The van der Waals surface area contributed by atoms with Gasteiger partial charge in [-0.1, -0.05) is 19.9 Å². The van der Waals surface area contributed by atoms with Crippen LogP contribution in [0.4, 0.5) is 0 Å². The molecule has 1 aromatic rings. The molecule has 0 spiro atoms. The van der Waals surface area contributed by atoms with E-state index in [2.05, 4.69) is 21.2 Å². The molecule has 0 aliphatic heterocycles. The number of nitrogens with one attached hydrogen (secondary N) is 1. The SMILES string of the molecule is CNCc1ccc(S(=O)(=O)N(C)CC(C)C)c(Br)c1. The van der Waals surface area contributed by atoms with Crippen molar-refractivity contribution in [1.29, 1.82) is 0 Å². The maximum Gasteiger partial charge on any atom is 0.243 e. The summed E-state index contributed by atoms with van der Waals surface area (Å²) in [4.78, 5) is 0.315. The van der Waals surface area contributed by atoms with Gasteiger partial charge in [-0.3, -0.25) is 0 Å². The van der Waals surface area contributed by atoms with E-state index in [9.17, 15) is 8.42 Å². The number of halogens is 1. The van der Waals surface area contributed by atoms with Gasteiger partial charge in [0.2, 0.25) is 10.0 Å². The first-order valence-corrected chi connectivity index (χ1v) is 8.41. The van der Waals surface area contributed by atoms with Crippen LogP contribution < -0.4 is 5.32 Å². The standard InChI is InChI=1S/C13H21BrN2O2S/c1-10(2)9-16(4)19(17,18)13-6-5-11(8-15-3)7-12(13)14/h5-7,10,15H,8-9H2,1-4H3. The molecule has 1 N–H and O–H groups in total. The third kappa shape index (κ3) is 4.27. The van der Waals surface area contributed by atoms with Crippen LogP contribution in [-0.4, -0.2) is 33.4 Å². The quantitative estimate of drug-likeness (QED) is 0.858. The van der Waals surface area contributed by atoms with E-state index in [0.717, 1.165) is 5.56 Å². The predicted octanol–water partition coefficient (Wildman–Crippen LogP) is 2.45. The first-order valence-electron chi connectivity index (χ1n) is 6.18. The zero-order chi connectivity index (χ0) is 14.6. The maximum atomic E-state index is 12.4. The molecule has 0 aliphatic rings. The second-order valence-corrected chi connectivity index (χ2v) is 7.84. The van der Waals surface area contributed by atoms with Crippen molar-refractivity contribution in [2.75, 3.05) is 20.6 Å². The fourth-order valence-electron chi connectivity index (χ4n) is 1.85. The fraction of sp³-hybridized carbons (Fsp3) is 0.538. The minimum Gasteiger partial charge on any atom is -0.316 e. The molecule has 0 saturated carbocycles. The molecule has 19 heavy (non-hydrogen) atoms. The summed E-state index contributed by atoms with van der Waals surface area (Å²) in [6, 6.07) is 5.33. The van der Waals surface area contributed by atoms with Crippen LogP contribution in [0.15, 0.2) is 27.6 Å². The van der Waals surface area contributed by atoms with Crippen LogP contribution in [0.5, 0.6) is 0 Å². The van der Waals surface area contributed by atoms with Crippen LogP contribution in [-0.2, 0) is 16.6 Å². The lowest BCUT2D eigenvalue weighted by Gasteiger charge is -2.20. The second-order valence-electron chi connectivity index (χ2n) is 4.97. The molecule has 0 atom stereocenters.